The zero-order valence-electron chi connectivity index (χ0n) is 14.3. The predicted octanol–water partition coefficient (Wildman–Crippen LogP) is 2.13. The molecule has 0 aromatic heterocycles. The minimum atomic E-state index is -0.371. The Balaban J connectivity index is 1.57. The Bertz CT molecular complexity index is 894. The molecule has 0 aliphatic carbocycles. The van der Waals surface area contributed by atoms with Gasteiger partial charge in [-0.15, -0.1) is 0 Å². The van der Waals surface area contributed by atoms with Crippen LogP contribution in [-0.2, 0) is 4.74 Å². The highest BCUT2D eigenvalue weighted by atomic mass is 16.5. The van der Waals surface area contributed by atoms with Crippen LogP contribution in [0, 0.1) is 0 Å². The number of ether oxygens (including phenoxy) is 1. The van der Waals surface area contributed by atoms with Crippen LogP contribution in [0.5, 0.6) is 0 Å². The second kappa shape index (κ2) is 6.38. The Morgan fingerprint density at radius 2 is 1.77 bits per heavy atom. The second-order valence-corrected chi connectivity index (χ2v) is 6.45. The van der Waals surface area contributed by atoms with Crippen molar-refractivity contribution in [3.05, 3.63) is 70.8 Å². The summed E-state index contributed by atoms with van der Waals surface area (Å²) in [6.45, 7) is 1.40. The summed E-state index contributed by atoms with van der Waals surface area (Å²) >= 11 is 0. The first kappa shape index (κ1) is 16.5. The van der Waals surface area contributed by atoms with Crippen molar-refractivity contribution in [2.75, 3.05) is 26.7 Å². The van der Waals surface area contributed by atoms with Gasteiger partial charge in [0, 0.05) is 19.2 Å². The van der Waals surface area contributed by atoms with Gasteiger partial charge in [0.25, 0.3) is 17.7 Å². The lowest BCUT2D eigenvalue weighted by atomic mass is 10.0. The van der Waals surface area contributed by atoms with Crippen LogP contribution in [0.15, 0.2) is 48.5 Å². The third kappa shape index (κ3) is 2.68. The van der Waals surface area contributed by atoms with Gasteiger partial charge < -0.3 is 9.64 Å². The third-order valence-corrected chi connectivity index (χ3v) is 4.86. The molecule has 0 N–H and O–H groups in total. The minimum Gasteiger partial charge on any atom is -0.370 e. The Morgan fingerprint density at radius 1 is 1.04 bits per heavy atom. The van der Waals surface area contributed by atoms with E-state index in [0.717, 1.165) is 10.5 Å². The summed E-state index contributed by atoms with van der Waals surface area (Å²) in [5.41, 5.74) is 2.07. The van der Waals surface area contributed by atoms with E-state index in [-0.39, 0.29) is 29.4 Å². The normalized spacial score (nSPS) is 19.7. The highest BCUT2D eigenvalue weighted by Gasteiger charge is 2.34. The van der Waals surface area contributed by atoms with Gasteiger partial charge >= 0.3 is 0 Å². The summed E-state index contributed by atoms with van der Waals surface area (Å²) < 4.78 is 5.80. The topological polar surface area (TPSA) is 66.9 Å². The predicted molar refractivity (Wildman–Crippen MR) is 93.9 cm³/mol. The number of morpholine rings is 1. The van der Waals surface area contributed by atoms with Crippen molar-refractivity contribution >= 4 is 17.7 Å². The highest BCUT2D eigenvalue weighted by molar-refractivity contribution is 6.21. The summed E-state index contributed by atoms with van der Waals surface area (Å²) in [6.07, 6.45) is -0.169. The van der Waals surface area contributed by atoms with E-state index in [4.69, 9.17) is 4.74 Å². The lowest BCUT2D eigenvalue weighted by Gasteiger charge is -2.33. The molecule has 1 saturated heterocycles. The van der Waals surface area contributed by atoms with Gasteiger partial charge in [-0.3, -0.25) is 19.3 Å². The fraction of sp³-hybridized carbons (Fsp3) is 0.250. The van der Waals surface area contributed by atoms with E-state index >= 15 is 0 Å². The molecule has 6 heteroatoms. The maximum atomic E-state index is 12.9. The smallest absolute Gasteiger partial charge is 0.261 e. The molecule has 0 spiro atoms. The Kier molecular flexibility index (Phi) is 4.05. The van der Waals surface area contributed by atoms with Crippen LogP contribution in [0.25, 0.3) is 0 Å². The molecule has 4 rings (SSSR count). The first-order chi connectivity index (χ1) is 12.6. The highest BCUT2D eigenvalue weighted by Crippen LogP contribution is 2.26. The van der Waals surface area contributed by atoms with E-state index in [0.29, 0.717) is 30.8 Å². The number of rotatable bonds is 2. The summed E-state index contributed by atoms with van der Waals surface area (Å²) in [4.78, 5) is 39.8. The van der Waals surface area contributed by atoms with Crippen LogP contribution < -0.4 is 0 Å². The van der Waals surface area contributed by atoms with Crippen molar-refractivity contribution in [1.29, 1.82) is 0 Å². The number of imide groups is 1. The van der Waals surface area contributed by atoms with E-state index in [1.165, 1.54) is 13.1 Å². The number of benzene rings is 2. The van der Waals surface area contributed by atoms with E-state index in [2.05, 4.69) is 0 Å². The van der Waals surface area contributed by atoms with Crippen LogP contribution in [0.3, 0.4) is 0 Å². The summed E-state index contributed by atoms with van der Waals surface area (Å²) in [7, 11) is 1.44. The van der Waals surface area contributed by atoms with Gasteiger partial charge in [0.1, 0.15) is 6.10 Å². The number of hydrogen-bond donors (Lipinski definition) is 0. The molecule has 26 heavy (non-hydrogen) atoms. The monoisotopic (exact) mass is 350 g/mol. The molecule has 0 radical (unpaired) electrons. The number of nitrogens with zero attached hydrogens (tertiary/aromatic N) is 2. The van der Waals surface area contributed by atoms with Crippen molar-refractivity contribution in [1.82, 2.24) is 9.80 Å². The zero-order valence-corrected chi connectivity index (χ0v) is 14.3. The maximum absolute atomic E-state index is 12.9. The molecule has 6 nitrogen and oxygen atoms in total. The molecule has 2 aromatic rings. The molecule has 132 valence electrons. The number of carbonyl (C=O) groups excluding carboxylic acids is 3. The van der Waals surface area contributed by atoms with Gasteiger partial charge in [0.2, 0.25) is 0 Å². The second-order valence-electron chi connectivity index (χ2n) is 6.45. The number of carbonyl (C=O) groups is 3. The molecule has 1 fully saturated rings. The minimum absolute atomic E-state index is 0.160. The van der Waals surface area contributed by atoms with Crippen molar-refractivity contribution < 1.29 is 19.1 Å². The lowest BCUT2D eigenvalue weighted by Crippen LogP contribution is -2.42. The first-order valence-corrected chi connectivity index (χ1v) is 8.48. The molecule has 2 aliphatic rings. The van der Waals surface area contributed by atoms with E-state index in [1.54, 1.807) is 17.0 Å². The van der Waals surface area contributed by atoms with Crippen molar-refractivity contribution in [2.24, 2.45) is 0 Å². The third-order valence-electron chi connectivity index (χ3n) is 4.86. The fourth-order valence-electron chi connectivity index (χ4n) is 3.38. The average molecular weight is 350 g/mol. The van der Waals surface area contributed by atoms with Crippen LogP contribution in [0.2, 0.25) is 0 Å². The van der Waals surface area contributed by atoms with E-state index < -0.39 is 0 Å². The van der Waals surface area contributed by atoms with Crippen LogP contribution >= 0.6 is 0 Å². The molecular weight excluding hydrogens is 332 g/mol. The summed E-state index contributed by atoms with van der Waals surface area (Å²) in [6, 6.07) is 14.5. The van der Waals surface area contributed by atoms with Gasteiger partial charge in [-0.1, -0.05) is 30.3 Å². The van der Waals surface area contributed by atoms with Crippen molar-refractivity contribution in [3.63, 3.8) is 0 Å². The SMILES string of the molecule is CN1C(=O)c2ccc(C(=O)N3CCO[C@@H](c4ccccc4)C3)cc2C1=O. The van der Waals surface area contributed by atoms with Crippen molar-refractivity contribution in [2.45, 2.75) is 6.10 Å². The molecular formula is C20H18N2O4. The Labute approximate surface area is 151 Å². The standard InChI is InChI=1S/C20H18N2O4/c1-21-19(24)15-8-7-14(11-16(15)20(21)25)18(23)22-9-10-26-17(12-22)13-5-3-2-4-6-13/h2-8,11,17H,9-10,12H2,1H3/t17-/m1/s1. The Hall–Kier alpha value is -2.99. The Morgan fingerprint density at radius 3 is 2.54 bits per heavy atom. The quantitative estimate of drug-likeness (QED) is 0.778. The van der Waals surface area contributed by atoms with Crippen LogP contribution in [0.1, 0.15) is 42.7 Å². The molecule has 0 saturated carbocycles. The number of hydrogen-bond acceptors (Lipinski definition) is 4. The lowest BCUT2D eigenvalue weighted by molar-refractivity contribution is -0.0228. The van der Waals surface area contributed by atoms with Gasteiger partial charge in [-0.25, -0.2) is 0 Å². The zero-order chi connectivity index (χ0) is 18.3. The van der Waals surface area contributed by atoms with Crippen LogP contribution in [-0.4, -0.2) is 54.3 Å². The van der Waals surface area contributed by atoms with Gasteiger partial charge in [0.15, 0.2) is 0 Å². The maximum Gasteiger partial charge on any atom is 0.261 e. The summed E-state index contributed by atoms with van der Waals surface area (Å²) in [5, 5.41) is 0. The largest absolute Gasteiger partial charge is 0.370 e. The van der Waals surface area contributed by atoms with Crippen molar-refractivity contribution in [3.8, 4) is 0 Å². The number of amides is 3. The van der Waals surface area contributed by atoms with Gasteiger partial charge in [0.05, 0.1) is 24.3 Å². The first-order valence-electron chi connectivity index (χ1n) is 8.48. The van der Waals surface area contributed by atoms with Gasteiger partial charge in [-0.05, 0) is 23.8 Å². The van der Waals surface area contributed by atoms with Crippen LogP contribution in [0.4, 0.5) is 0 Å². The fourth-order valence-corrected chi connectivity index (χ4v) is 3.38. The molecule has 2 aliphatic heterocycles. The van der Waals surface area contributed by atoms with Gasteiger partial charge in [-0.2, -0.15) is 0 Å². The van der Waals surface area contributed by atoms with E-state index in [1.807, 2.05) is 30.3 Å². The molecule has 2 aromatic carbocycles. The molecule has 1 atom stereocenters. The van der Waals surface area contributed by atoms with E-state index in [9.17, 15) is 14.4 Å². The molecule has 0 unspecified atom stereocenters. The molecule has 2 heterocycles. The molecule has 3 amide bonds. The number of fused-ring (bicyclic) bond motifs is 1. The summed E-state index contributed by atoms with van der Waals surface area (Å²) in [5.74, 6) is -0.866. The molecule has 0 bridgehead atoms. The average Bonchev–Trinajstić information content (AvgIpc) is 2.92.